The van der Waals surface area contributed by atoms with E-state index in [9.17, 15) is 14.4 Å². The highest BCUT2D eigenvalue weighted by molar-refractivity contribution is 6.53. The highest BCUT2D eigenvalue weighted by Gasteiger charge is 2.38. The number of aryl methyl sites for hydroxylation is 1. The Hall–Kier alpha value is -2.17. The smallest absolute Gasteiger partial charge is 0.269 e. The monoisotopic (exact) mass is 204 g/mol. The summed E-state index contributed by atoms with van der Waals surface area (Å²) in [4.78, 5) is 34.5. The second-order valence-electron chi connectivity index (χ2n) is 3.19. The first-order valence-electron chi connectivity index (χ1n) is 4.36. The number of para-hydroxylation sites is 1. The molecule has 15 heavy (non-hydrogen) atoms. The highest BCUT2D eigenvalue weighted by atomic mass is 16.2. The lowest BCUT2D eigenvalue weighted by atomic mass is 10.2. The van der Waals surface area contributed by atoms with Crippen LogP contribution in [0.1, 0.15) is 5.56 Å². The van der Waals surface area contributed by atoms with Crippen LogP contribution in [0, 0.1) is 6.92 Å². The summed E-state index contributed by atoms with van der Waals surface area (Å²) in [6, 6.07) is 6.17. The standard InChI is InChI=1S/C10H8N2O3/c1-6-4-2-3-5-7(6)12-9(14)8(13)11-10(12)15/h2-5H,1H3,(H,11,13,15). The Morgan fingerprint density at radius 1 is 1.13 bits per heavy atom. The van der Waals surface area contributed by atoms with Crippen LogP contribution in [0.15, 0.2) is 24.3 Å². The van der Waals surface area contributed by atoms with Crippen LogP contribution in [0.2, 0.25) is 0 Å². The Labute approximate surface area is 85.7 Å². The second kappa shape index (κ2) is 3.20. The van der Waals surface area contributed by atoms with Gasteiger partial charge in [0.05, 0.1) is 5.69 Å². The number of nitrogens with one attached hydrogen (secondary N) is 1. The number of imide groups is 2. The molecule has 1 saturated heterocycles. The Morgan fingerprint density at radius 3 is 2.33 bits per heavy atom. The van der Waals surface area contributed by atoms with Gasteiger partial charge >= 0.3 is 17.8 Å². The topological polar surface area (TPSA) is 66.5 Å². The molecule has 0 atom stereocenters. The van der Waals surface area contributed by atoms with Crippen molar-refractivity contribution >= 4 is 23.5 Å². The van der Waals surface area contributed by atoms with E-state index < -0.39 is 17.8 Å². The van der Waals surface area contributed by atoms with Crippen molar-refractivity contribution in [1.82, 2.24) is 5.32 Å². The summed E-state index contributed by atoms with van der Waals surface area (Å²) in [5.41, 5.74) is 1.20. The van der Waals surface area contributed by atoms with E-state index in [1.165, 1.54) is 0 Å². The van der Waals surface area contributed by atoms with E-state index in [2.05, 4.69) is 0 Å². The van der Waals surface area contributed by atoms with Crippen LogP contribution in [0.3, 0.4) is 0 Å². The van der Waals surface area contributed by atoms with Crippen LogP contribution in [0.5, 0.6) is 0 Å². The van der Waals surface area contributed by atoms with Gasteiger partial charge in [-0.2, -0.15) is 0 Å². The summed E-state index contributed by atoms with van der Waals surface area (Å²) < 4.78 is 0. The van der Waals surface area contributed by atoms with E-state index in [0.29, 0.717) is 5.69 Å². The van der Waals surface area contributed by atoms with E-state index >= 15 is 0 Å². The molecule has 1 heterocycles. The molecule has 0 bridgehead atoms. The molecule has 4 amide bonds. The number of urea groups is 1. The maximum Gasteiger partial charge on any atom is 0.336 e. The third kappa shape index (κ3) is 1.38. The average molecular weight is 204 g/mol. The zero-order valence-electron chi connectivity index (χ0n) is 7.98. The number of nitrogens with zero attached hydrogens (tertiary/aromatic N) is 1. The fourth-order valence-corrected chi connectivity index (χ4v) is 1.43. The molecule has 5 nitrogen and oxygen atoms in total. The quantitative estimate of drug-likeness (QED) is 0.537. The average Bonchev–Trinajstić information content (AvgIpc) is 2.43. The van der Waals surface area contributed by atoms with Gasteiger partial charge in [-0.15, -0.1) is 0 Å². The molecule has 1 aromatic carbocycles. The lowest BCUT2D eigenvalue weighted by molar-refractivity contribution is -0.134. The predicted octanol–water partition coefficient (Wildman–Crippen LogP) is 0.578. The van der Waals surface area contributed by atoms with Gasteiger partial charge < -0.3 is 0 Å². The Kier molecular flexibility index (Phi) is 2.00. The number of benzene rings is 1. The number of carbonyl (C=O) groups is 3. The first-order chi connectivity index (χ1) is 7.11. The van der Waals surface area contributed by atoms with Crippen molar-refractivity contribution in [1.29, 1.82) is 0 Å². The number of carbonyl (C=O) groups excluding carboxylic acids is 3. The first-order valence-corrected chi connectivity index (χ1v) is 4.36. The predicted molar refractivity (Wildman–Crippen MR) is 52.2 cm³/mol. The van der Waals surface area contributed by atoms with Gasteiger partial charge in [0.15, 0.2) is 0 Å². The number of hydrogen-bond donors (Lipinski definition) is 1. The second-order valence-corrected chi connectivity index (χ2v) is 3.19. The molecule has 0 radical (unpaired) electrons. The SMILES string of the molecule is Cc1ccccc1N1C(=O)NC(=O)C1=O. The molecule has 0 unspecified atom stereocenters. The van der Waals surface area contributed by atoms with Gasteiger partial charge in [-0.25, -0.2) is 9.69 Å². The molecule has 2 rings (SSSR count). The van der Waals surface area contributed by atoms with Crippen molar-refractivity contribution in [2.24, 2.45) is 0 Å². The molecule has 0 aromatic heterocycles. The third-order valence-electron chi connectivity index (χ3n) is 2.18. The van der Waals surface area contributed by atoms with Gasteiger partial charge in [-0.05, 0) is 18.6 Å². The first kappa shape index (κ1) is 9.39. The van der Waals surface area contributed by atoms with E-state index in [-0.39, 0.29) is 0 Å². The zero-order valence-corrected chi connectivity index (χ0v) is 7.98. The van der Waals surface area contributed by atoms with Crippen molar-refractivity contribution in [2.45, 2.75) is 6.92 Å². The maximum absolute atomic E-state index is 11.4. The third-order valence-corrected chi connectivity index (χ3v) is 2.18. The van der Waals surface area contributed by atoms with Crippen LogP contribution in [-0.4, -0.2) is 17.8 Å². The summed E-state index contributed by atoms with van der Waals surface area (Å²) in [5.74, 6) is -1.72. The van der Waals surface area contributed by atoms with Crippen molar-refractivity contribution in [3.05, 3.63) is 29.8 Å². The van der Waals surface area contributed by atoms with E-state index in [4.69, 9.17) is 0 Å². The Balaban J connectivity index is 2.48. The van der Waals surface area contributed by atoms with Crippen molar-refractivity contribution < 1.29 is 14.4 Å². The summed E-state index contributed by atoms with van der Waals surface area (Å²) in [6.07, 6.45) is 0. The van der Waals surface area contributed by atoms with E-state index in [1.807, 2.05) is 5.32 Å². The molecular formula is C10H8N2O3. The summed E-state index contributed by atoms with van der Waals surface area (Å²) >= 11 is 0. The summed E-state index contributed by atoms with van der Waals surface area (Å²) in [6.45, 7) is 1.76. The van der Waals surface area contributed by atoms with Crippen LogP contribution in [0.25, 0.3) is 0 Å². The zero-order chi connectivity index (χ0) is 11.0. The highest BCUT2D eigenvalue weighted by Crippen LogP contribution is 2.21. The van der Waals surface area contributed by atoms with Gasteiger partial charge in [0.1, 0.15) is 0 Å². The fraction of sp³-hybridized carbons (Fsp3) is 0.100. The van der Waals surface area contributed by atoms with Gasteiger partial charge in [0.2, 0.25) is 0 Å². The lowest BCUT2D eigenvalue weighted by Crippen LogP contribution is -2.31. The molecule has 1 fully saturated rings. The molecular weight excluding hydrogens is 196 g/mol. The van der Waals surface area contributed by atoms with Crippen LogP contribution >= 0.6 is 0 Å². The normalized spacial score (nSPS) is 15.8. The molecule has 0 aliphatic carbocycles. The number of amides is 4. The number of rotatable bonds is 1. The van der Waals surface area contributed by atoms with Gasteiger partial charge in [-0.1, -0.05) is 18.2 Å². The van der Waals surface area contributed by atoms with Crippen LogP contribution in [0.4, 0.5) is 10.5 Å². The van der Waals surface area contributed by atoms with Crippen molar-refractivity contribution in [3.8, 4) is 0 Å². The minimum Gasteiger partial charge on any atom is -0.269 e. The Bertz CT molecular complexity index is 467. The minimum atomic E-state index is -0.886. The molecule has 1 N–H and O–H groups in total. The van der Waals surface area contributed by atoms with Crippen molar-refractivity contribution in [2.75, 3.05) is 4.90 Å². The summed E-state index contributed by atoms with van der Waals surface area (Å²) in [5, 5.41) is 1.94. The van der Waals surface area contributed by atoms with Crippen LogP contribution < -0.4 is 10.2 Å². The van der Waals surface area contributed by atoms with Gasteiger partial charge in [0, 0.05) is 0 Å². The van der Waals surface area contributed by atoms with Gasteiger partial charge in [-0.3, -0.25) is 14.9 Å². The van der Waals surface area contributed by atoms with Crippen molar-refractivity contribution in [3.63, 3.8) is 0 Å². The van der Waals surface area contributed by atoms with E-state index in [1.54, 1.807) is 31.2 Å². The van der Waals surface area contributed by atoms with E-state index in [0.717, 1.165) is 10.5 Å². The molecule has 0 saturated carbocycles. The molecule has 1 aromatic rings. The molecule has 5 heteroatoms. The molecule has 1 aliphatic heterocycles. The maximum atomic E-state index is 11.4. The minimum absolute atomic E-state index is 0.436. The van der Waals surface area contributed by atoms with Gasteiger partial charge in [0.25, 0.3) is 0 Å². The largest absolute Gasteiger partial charge is 0.336 e. The lowest BCUT2D eigenvalue weighted by Gasteiger charge is -2.13. The molecule has 1 aliphatic rings. The molecule has 0 spiro atoms. The summed E-state index contributed by atoms with van der Waals surface area (Å²) in [7, 11) is 0. The fourth-order valence-electron chi connectivity index (χ4n) is 1.43. The van der Waals surface area contributed by atoms with Crippen LogP contribution in [-0.2, 0) is 9.59 Å². The number of anilines is 1. The number of hydrogen-bond acceptors (Lipinski definition) is 3. The molecule has 76 valence electrons. The Morgan fingerprint density at radius 2 is 1.80 bits per heavy atom.